The lowest BCUT2D eigenvalue weighted by molar-refractivity contribution is -0.131. The third kappa shape index (κ3) is 9.00. The fourth-order valence-corrected chi connectivity index (χ4v) is 0.845. The maximum atomic E-state index is 10.2. The Morgan fingerprint density at radius 1 is 1.06 bits per heavy atom. The normalized spacial score (nSPS) is 8.56. The Labute approximate surface area is 98.6 Å². The van der Waals surface area contributed by atoms with Gasteiger partial charge in [0, 0.05) is 6.08 Å². The number of benzene rings is 1. The van der Waals surface area contributed by atoms with E-state index in [0.29, 0.717) is 0 Å². The number of carboxylic acids is 1. The van der Waals surface area contributed by atoms with Crippen molar-refractivity contribution in [2.24, 2.45) is 0 Å². The molecule has 1 aromatic rings. The smallest absolute Gasteiger partial charge is 0.328 e. The van der Waals surface area contributed by atoms with E-state index in [-0.39, 0.29) is 0 Å². The molecule has 0 aliphatic rings. The summed E-state index contributed by atoms with van der Waals surface area (Å²) in [6, 6.07) is 7.66. The van der Waals surface area contributed by atoms with Crippen molar-refractivity contribution in [2.75, 3.05) is 0 Å². The molecule has 0 spiro atoms. The Balaban J connectivity index is 0. The maximum absolute atomic E-state index is 10.2. The summed E-state index contributed by atoms with van der Waals surface area (Å²) < 4.78 is 0. The summed E-state index contributed by atoms with van der Waals surface area (Å²) in [5.74, 6) is -0.921. The van der Waals surface area contributed by atoms with Crippen molar-refractivity contribution < 1.29 is 9.90 Å². The van der Waals surface area contributed by atoms with E-state index in [2.05, 4.69) is 0 Å². The van der Waals surface area contributed by atoms with Crippen LogP contribution in [0.1, 0.15) is 38.8 Å². The number of aryl methyl sites for hydroxylation is 1. The summed E-state index contributed by atoms with van der Waals surface area (Å²) in [7, 11) is 0. The monoisotopic (exact) mass is 222 g/mol. The van der Waals surface area contributed by atoms with E-state index in [1.54, 1.807) is 6.08 Å². The topological polar surface area (TPSA) is 37.3 Å². The van der Waals surface area contributed by atoms with Gasteiger partial charge in [0.2, 0.25) is 0 Å². The predicted octanol–water partition coefficient (Wildman–Crippen LogP) is 4.15. The minimum Gasteiger partial charge on any atom is -0.478 e. The largest absolute Gasteiger partial charge is 0.478 e. The minimum atomic E-state index is -0.921. The highest BCUT2D eigenvalue weighted by atomic mass is 16.4. The van der Waals surface area contributed by atoms with Crippen molar-refractivity contribution in [3.63, 3.8) is 0 Å². The summed E-state index contributed by atoms with van der Waals surface area (Å²) >= 11 is 0. The van der Waals surface area contributed by atoms with E-state index in [0.717, 1.165) is 11.6 Å². The molecule has 0 aromatic heterocycles. The Morgan fingerprint density at radius 2 is 1.50 bits per heavy atom. The Hall–Kier alpha value is -1.57. The van der Waals surface area contributed by atoms with Crippen LogP contribution in [-0.2, 0) is 4.79 Å². The molecule has 0 bridgehead atoms. The van der Waals surface area contributed by atoms with Gasteiger partial charge in [0.05, 0.1) is 0 Å². The van der Waals surface area contributed by atoms with Gasteiger partial charge in [-0.1, -0.05) is 57.5 Å². The number of carbonyl (C=O) groups is 1. The molecule has 1 N–H and O–H groups in total. The number of carboxylic acid groups (broad SMARTS) is 1. The zero-order chi connectivity index (χ0) is 13.0. The van der Waals surface area contributed by atoms with Crippen LogP contribution < -0.4 is 0 Å². The summed E-state index contributed by atoms with van der Waals surface area (Å²) in [5, 5.41) is 8.34. The van der Waals surface area contributed by atoms with Gasteiger partial charge in [-0.05, 0) is 18.6 Å². The quantitative estimate of drug-likeness (QED) is 0.763. The molecule has 0 saturated heterocycles. The third-order valence-corrected chi connectivity index (χ3v) is 1.50. The first-order valence-corrected chi connectivity index (χ1v) is 5.66. The fraction of sp³-hybridized carbons (Fsp3) is 0.357. The second kappa shape index (κ2) is 11.5. The molecule has 0 atom stereocenters. The minimum absolute atomic E-state index is 0.906. The van der Waals surface area contributed by atoms with Crippen LogP contribution in [0.15, 0.2) is 30.3 Å². The van der Waals surface area contributed by atoms with Gasteiger partial charge in [-0.3, -0.25) is 0 Å². The van der Waals surface area contributed by atoms with Crippen LogP contribution in [0.25, 0.3) is 6.08 Å². The molecule has 0 unspecified atom stereocenters. The highest BCUT2D eigenvalue weighted by Gasteiger charge is 1.88. The number of hydrogen-bond acceptors (Lipinski definition) is 1. The first-order chi connectivity index (χ1) is 7.68. The average Bonchev–Trinajstić information content (AvgIpc) is 2.33. The second-order valence-electron chi connectivity index (χ2n) is 2.58. The molecule has 1 rings (SSSR count). The number of rotatable bonds is 2. The Kier molecular flexibility index (Phi) is 12.1. The molecule has 0 fully saturated rings. The second-order valence-corrected chi connectivity index (χ2v) is 2.58. The van der Waals surface area contributed by atoms with Crippen molar-refractivity contribution in [3.05, 3.63) is 41.5 Å². The van der Waals surface area contributed by atoms with Gasteiger partial charge in [0.25, 0.3) is 0 Å². The lowest BCUT2D eigenvalue weighted by atomic mass is 10.1. The van der Waals surface area contributed by atoms with Crippen molar-refractivity contribution in [3.8, 4) is 0 Å². The van der Waals surface area contributed by atoms with E-state index in [9.17, 15) is 4.79 Å². The summed E-state index contributed by atoms with van der Waals surface area (Å²) in [6.45, 7) is 9.99. The molecule has 2 nitrogen and oxygen atoms in total. The summed E-state index contributed by atoms with van der Waals surface area (Å²) in [5.41, 5.74) is 2.07. The molecule has 90 valence electrons. The average molecular weight is 222 g/mol. The lowest BCUT2D eigenvalue weighted by Gasteiger charge is -1.92. The van der Waals surface area contributed by atoms with Gasteiger partial charge in [-0.2, -0.15) is 0 Å². The summed E-state index contributed by atoms with van der Waals surface area (Å²) in [4.78, 5) is 10.2. The first-order valence-electron chi connectivity index (χ1n) is 5.66. The van der Waals surface area contributed by atoms with Crippen LogP contribution in [0.5, 0.6) is 0 Å². The van der Waals surface area contributed by atoms with Gasteiger partial charge in [0.15, 0.2) is 0 Å². The van der Waals surface area contributed by atoms with Gasteiger partial charge < -0.3 is 5.11 Å². The molecular weight excluding hydrogens is 200 g/mol. The highest BCUT2D eigenvalue weighted by molar-refractivity contribution is 5.85. The van der Waals surface area contributed by atoms with Crippen LogP contribution in [0.2, 0.25) is 0 Å². The number of hydrogen-bond donors (Lipinski definition) is 1. The molecule has 0 radical (unpaired) electrons. The highest BCUT2D eigenvalue weighted by Crippen LogP contribution is 2.04. The van der Waals surface area contributed by atoms with E-state index >= 15 is 0 Å². The molecule has 2 heteroatoms. The molecule has 0 aliphatic carbocycles. The SMILES string of the molecule is CC.CC.Cc1ccc(/C=C/C(=O)O)cc1. The molecule has 16 heavy (non-hydrogen) atoms. The maximum Gasteiger partial charge on any atom is 0.328 e. The van der Waals surface area contributed by atoms with Crippen molar-refractivity contribution >= 4 is 12.0 Å². The molecule has 1 aromatic carbocycles. The first kappa shape index (κ1) is 16.8. The van der Waals surface area contributed by atoms with Gasteiger partial charge in [-0.15, -0.1) is 0 Å². The molecule has 0 saturated carbocycles. The fourth-order valence-electron chi connectivity index (χ4n) is 0.845. The van der Waals surface area contributed by atoms with Crippen molar-refractivity contribution in [2.45, 2.75) is 34.6 Å². The van der Waals surface area contributed by atoms with Gasteiger partial charge in [0.1, 0.15) is 0 Å². The van der Waals surface area contributed by atoms with Crippen molar-refractivity contribution in [1.29, 1.82) is 0 Å². The zero-order valence-electron chi connectivity index (χ0n) is 10.8. The lowest BCUT2D eigenvalue weighted by Crippen LogP contribution is -1.85. The molecule has 0 heterocycles. The van der Waals surface area contributed by atoms with E-state index in [4.69, 9.17) is 5.11 Å². The standard InChI is InChI=1S/C10H10O2.2C2H6/c1-8-2-4-9(5-3-8)6-7-10(11)12;2*1-2/h2-7H,1H3,(H,11,12);2*1-2H3/b7-6+;;. The van der Waals surface area contributed by atoms with Crippen LogP contribution in [0.3, 0.4) is 0 Å². The summed E-state index contributed by atoms with van der Waals surface area (Å²) in [6.07, 6.45) is 2.70. The van der Waals surface area contributed by atoms with E-state index < -0.39 is 5.97 Å². The van der Waals surface area contributed by atoms with Crippen LogP contribution in [0.4, 0.5) is 0 Å². The van der Waals surface area contributed by atoms with Crippen LogP contribution in [-0.4, -0.2) is 11.1 Å². The van der Waals surface area contributed by atoms with Crippen molar-refractivity contribution in [1.82, 2.24) is 0 Å². The zero-order valence-corrected chi connectivity index (χ0v) is 10.8. The molecule has 0 aliphatic heterocycles. The van der Waals surface area contributed by atoms with Gasteiger partial charge >= 0.3 is 5.97 Å². The van der Waals surface area contributed by atoms with Gasteiger partial charge in [-0.25, -0.2) is 4.79 Å². The predicted molar refractivity (Wildman–Crippen MR) is 70.5 cm³/mol. The number of aliphatic carboxylic acids is 1. The Bertz CT molecular complexity index is 297. The molecule has 0 amide bonds. The third-order valence-electron chi connectivity index (χ3n) is 1.50. The van der Waals surface area contributed by atoms with E-state index in [1.165, 1.54) is 5.56 Å². The Morgan fingerprint density at radius 3 is 1.88 bits per heavy atom. The van der Waals surface area contributed by atoms with Crippen LogP contribution in [0, 0.1) is 6.92 Å². The molecular formula is C14H22O2. The van der Waals surface area contributed by atoms with Crippen LogP contribution >= 0.6 is 0 Å². The van der Waals surface area contributed by atoms with E-state index in [1.807, 2.05) is 58.9 Å².